The van der Waals surface area contributed by atoms with Crippen LogP contribution >= 0.6 is 0 Å². The largest absolute Gasteiger partial charge is 0.399 e. The fraction of sp³-hybridized carbons (Fsp3) is 0.250. The van der Waals surface area contributed by atoms with Crippen molar-refractivity contribution in [3.8, 4) is 0 Å². The van der Waals surface area contributed by atoms with Crippen LogP contribution in [0.5, 0.6) is 0 Å². The third-order valence-electron chi connectivity index (χ3n) is 3.20. The zero-order valence-corrected chi connectivity index (χ0v) is 11.9. The van der Waals surface area contributed by atoms with E-state index < -0.39 is 0 Å². The molecule has 0 unspecified atom stereocenters. The summed E-state index contributed by atoms with van der Waals surface area (Å²) in [6.45, 7) is 8.08. The number of hydrogen-bond acceptors (Lipinski definition) is 3. The molecule has 0 spiro atoms. The number of azo groups is 1. The van der Waals surface area contributed by atoms with Gasteiger partial charge in [0.1, 0.15) is 0 Å². The highest BCUT2D eigenvalue weighted by atomic mass is 15.1. The molecule has 0 heterocycles. The Hall–Kier alpha value is -2.16. The van der Waals surface area contributed by atoms with Gasteiger partial charge < -0.3 is 5.73 Å². The first kappa shape index (κ1) is 13.3. The molecule has 0 fully saturated rings. The zero-order chi connectivity index (χ0) is 14.0. The minimum Gasteiger partial charge on any atom is -0.399 e. The van der Waals surface area contributed by atoms with E-state index in [-0.39, 0.29) is 0 Å². The van der Waals surface area contributed by atoms with Crippen LogP contribution in [-0.4, -0.2) is 0 Å². The van der Waals surface area contributed by atoms with E-state index in [1.54, 1.807) is 0 Å². The molecule has 3 heteroatoms. The van der Waals surface area contributed by atoms with Crippen molar-refractivity contribution in [3.05, 3.63) is 52.6 Å². The van der Waals surface area contributed by atoms with Gasteiger partial charge in [-0.25, -0.2) is 0 Å². The molecule has 2 rings (SSSR count). The van der Waals surface area contributed by atoms with E-state index >= 15 is 0 Å². The molecule has 2 aromatic carbocycles. The Kier molecular flexibility index (Phi) is 3.65. The van der Waals surface area contributed by atoms with E-state index in [2.05, 4.69) is 23.2 Å². The molecule has 0 aliphatic rings. The van der Waals surface area contributed by atoms with Gasteiger partial charge in [0.05, 0.1) is 11.4 Å². The van der Waals surface area contributed by atoms with Gasteiger partial charge in [0.2, 0.25) is 0 Å². The fourth-order valence-corrected chi connectivity index (χ4v) is 1.96. The molecule has 19 heavy (non-hydrogen) atoms. The Bertz CT molecular complexity index is 643. The maximum absolute atomic E-state index is 5.87. The molecule has 2 aromatic rings. The first-order valence-electron chi connectivity index (χ1n) is 6.33. The molecule has 3 nitrogen and oxygen atoms in total. The number of nitrogen functional groups attached to an aromatic ring is 1. The molecule has 0 amide bonds. The van der Waals surface area contributed by atoms with Crippen LogP contribution < -0.4 is 5.73 Å². The minimum absolute atomic E-state index is 0.794. The molecule has 0 aliphatic heterocycles. The Balaban J connectivity index is 2.35. The van der Waals surface area contributed by atoms with Crippen LogP contribution in [0.25, 0.3) is 0 Å². The van der Waals surface area contributed by atoms with E-state index in [1.807, 2.05) is 45.0 Å². The van der Waals surface area contributed by atoms with Crippen molar-refractivity contribution in [3.63, 3.8) is 0 Å². The summed E-state index contributed by atoms with van der Waals surface area (Å²) in [6, 6.07) is 10.1. The van der Waals surface area contributed by atoms with Crippen LogP contribution in [0.2, 0.25) is 0 Å². The third-order valence-corrected chi connectivity index (χ3v) is 3.20. The third kappa shape index (κ3) is 2.99. The molecular formula is C16H19N3. The number of anilines is 1. The average molecular weight is 253 g/mol. The van der Waals surface area contributed by atoms with Crippen molar-refractivity contribution in [2.75, 3.05) is 5.73 Å². The maximum atomic E-state index is 5.87. The molecule has 0 bridgehead atoms. The predicted octanol–water partition coefficient (Wildman–Crippen LogP) is 4.92. The lowest BCUT2D eigenvalue weighted by molar-refractivity contribution is 1.18. The van der Waals surface area contributed by atoms with E-state index in [9.17, 15) is 0 Å². The van der Waals surface area contributed by atoms with Gasteiger partial charge in [-0.3, -0.25) is 0 Å². The van der Waals surface area contributed by atoms with Gasteiger partial charge in [0.15, 0.2) is 0 Å². The SMILES string of the molecule is Cc1ccc(N=Nc2cc(C)c(N)cc2C)c(C)c1. The van der Waals surface area contributed by atoms with E-state index in [0.29, 0.717) is 0 Å². The van der Waals surface area contributed by atoms with Gasteiger partial charge in [0, 0.05) is 5.69 Å². The molecule has 98 valence electrons. The van der Waals surface area contributed by atoms with Crippen LogP contribution in [0.4, 0.5) is 17.1 Å². The molecule has 0 aliphatic carbocycles. The van der Waals surface area contributed by atoms with Gasteiger partial charge in [-0.2, -0.15) is 10.2 Å². The summed E-state index contributed by atoms with van der Waals surface area (Å²) in [7, 11) is 0. The Morgan fingerprint density at radius 1 is 0.737 bits per heavy atom. The second-order valence-electron chi connectivity index (χ2n) is 4.99. The van der Waals surface area contributed by atoms with E-state index in [4.69, 9.17) is 5.73 Å². The lowest BCUT2D eigenvalue weighted by Crippen LogP contribution is -1.90. The molecule has 0 radical (unpaired) electrons. The van der Waals surface area contributed by atoms with Gasteiger partial charge in [0.25, 0.3) is 0 Å². The van der Waals surface area contributed by atoms with Gasteiger partial charge >= 0.3 is 0 Å². The number of benzene rings is 2. The predicted molar refractivity (Wildman–Crippen MR) is 80.4 cm³/mol. The highest BCUT2D eigenvalue weighted by molar-refractivity contribution is 5.59. The lowest BCUT2D eigenvalue weighted by atomic mass is 10.1. The summed E-state index contributed by atoms with van der Waals surface area (Å²) < 4.78 is 0. The van der Waals surface area contributed by atoms with Crippen molar-refractivity contribution >= 4 is 17.1 Å². The summed E-state index contributed by atoms with van der Waals surface area (Å²) in [5, 5.41) is 8.67. The fourth-order valence-electron chi connectivity index (χ4n) is 1.96. The second-order valence-corrected chi connectivity index (χ2v) is 4.99. The van der Waals surface area contributed by atoms with Crippen molar-refractivity contribution in [1.29, 1.82) is 0 Å². The van der Waals surface area contributed by atoms with Crippen LogP contribution in [0.3, 0.4) is 0 Å². The summed E-state index contributed by atoms with van der Waals surface area (Å²) >= 11 is 0. The molecule has 0 atom stereocenters. The topological polar surface area (TPSA) is 50.7 Å². The maximum Gasteiger partial charge on any atom is 0.0890 e. The van der Waals surface area contributed by atoms with Crippen molar-refractivity contribution in [1.82, 2.24) is 0 Å². The van der Waals surface area contributed by atoms with Crippen molar-refractivity contribution < 1.29 is 0 Å². The van der Waals surface area contributed by atoms with Gasteiger partial charge in [-0.1, -0.05) is 17.7 Å². The number of aryl methyl sites for hydroxylation is 4. The number of nitrogens with zero attached hydrogens (tertiary/aromatic N) is 2. The molecule has 0 saturated carbocycles. The quantitative estimate of drug-likeness (QED) is 0.599. The first-order chi connectivity index (χ1) is 8.97. The average Bonchev–Trinajstić information content (AvgIpc) is 2.34. The van der Waals surface area contributed by atoms with Gasteiger partial charge in [-0.15, -0.1) is 0 Å². The first-order valence-corrected chi connectivity index (χ1v) is 6.33. The van der Waals surface area contributed by atoms with Gasteiger partial charge in [-0.05, 0) is 62.6 Å². The molecule has 0 saturated heterocycles. The standard InChI is InChI=1S/C16H19N3/c1-10-5-6-15(12(3)7-10)18-19-16-9-11(2)14(17)8-13(16)4/h5-9H,17H2,1-4H3. The smallest absolute Gasteiger partial charge is 0.0890 e. The number of hydrogen-bond donors (Lipinski definition) is 1. The molecule has 2 N–H and O–H groups in total. The summed E-state index contributed by atoms with van der Waals surface area (Å²) in [6.07, 6.45) is 0. The van der Waals surface area contributed by atoms with E-state index in [1.165, 1.54) is 5.56 Å². The molecular weight excluding hydrogens is 234 g/mol. The van der Waals surface area contributed by atoms with Crippen LogP contribution in [0, 0.1) is 27.7 Å². The lowest BCUT2D eigenvalue weighted by Gasteiger charge is -2.05. The highest BCUT2D eigenvalue weighted by Crippen LogP contribution is 2.27. The molecule has 0 aromatic heterocycles. The Morgan fingerprint density at radius 2 is 1.37 bits per heavy atom. The van der Waals surface area contributed by atoms with E-state index in [0.717, 1.165) is 33.8 Å². The Labute approximate surface area is 114 Å². The summed E-state index contributed by atoms with van der Waals surface area (Å²) in [5.41, 5.74) is 12.9. The monoisotopic (exact) mass is 253 g/mol. The summed E-state index contributed by atoms with van der Waals surface area (Å²) in [4.78, 5) is 0. The van der Waals surface area contributed by atoms with Crippen LogP contribution in [0.15, 0.2) is 40.6 Å². The highest BCUT2D eigenvalue weighted by Gasteiger charge is 2.02. The second kappa shape index (κ2) is 5.22. The van der Waals surface area contributed by atoms with Crippen LogP contribution in [-0.2, 0) is 0 Å². The van der Waals surface area contributed by atoms with Crippen molar-refractivity contribution in [2.45, 2.75) is 27.7 Å². The Morgan fingerprint density at radius 3 is 2.05 bits per heavy atom. The number of nitrogens with two attached hydrogens (primary N) is 1. The number of rotatable bonds is 2. The van der Waals surface area contributed by atoms with Crippen LogP contribution in [0.1, 0.15) is 22.3 Å². The van der Waals surface area contributed by atoms with Crippen molar-refractivity contribution in [2.24, 2.45) is 10.2 Å². The summed E-state index contributed by atoms with van der Waals surface area (Å²) in [5.74, 6) is 0. The normalized spacial score (nSPS) is 11.2. The zero-order valence-electron chi connectivity index (χ0n) is 11.9. The minimum atomic E-state index is 0.794.